The molecular formula is C15H30N2. The minimum absolute atomic E-state index is 0.684. The van der Waals surface area contributed by atoms with Crippen molar-refractivity contribution in [2.24, 2.45) is 11.8 Å². The zero-order chi connectivity index (χ0) is 12.4. The average Bonchev–Trinajstić information content (AvgIpc) is 3.11. The maximum absolute atomic E-state index is 3.73. The van der Waals surface area contributed by atoms with Gasteiger partial charge in [-0.2, -0.15) is 0 Å². The fourth-order valence-electron chi connectivity index (χ4n) is 2.64. The summed E-state index contributed by atoms with van der Waals surface area (Å²) in [5.74, 6) is 1.75. The summed E-state index contributed by atoms with van der Waals surface area (Å²) in [5, 5.41) is 3.73. The van der Waals surface area contributed by atoms with Crippen LogP contribution < -0.4 is 5.32 Å². The van der Waals surface area contributed by atoms with E-state index in [1.807, 2.05) is 0 Å². The van der Waals surface area contributed by atoms with Crippen molar-refractivity contribution in [1.29, 1.82) is 0 Å². The highest BCUT2D eigenvalue weighted by Gasteiger charge is 2.32. The first-order chi connectivity index (χ1) is 8.08. The second-order valence-electron chi connectivity index (χ2n) is 6.73. The summed E-state index contributed by atoms with van der Waals surface area (Å²) in [5.41, 5.74) is 0. The van der Waals surface area contributed by atoms with Gasteiger partial charge < -0.3 is 5.32 Å². The third kappa shape index (κ3) is 4.26. The van der Waals surface area contributed by atoms with E-state index in [-0.39, 0.29) is 0 Å². The predicted molar refractivity (Wildman–Crippen MR) is 74.2 cm³/mol. The Labute approximate surface area is 107 Å². The summed E-state index contributed by atoms with van der Waals surface area (Å²) < 4.78 is 0. The van der Waals surface area contributed by atoms with E-state index in [4.69, 9.17) is 0 Å². The van der Waals surface area contributed by atoms with Gasteiger partial charge in [-0.15, -0.1) is 0 Å². The van der Waals surface area contributed by atoms with Crippen LogP contribution in [0.5, 0.6) is 0 Å². The molecule has 2 nitrogen and oxygen atoms in total. The second kappa shape index (κ2) is 5.71. The van der Waals surface area contributed by atoms with Crippen LogP contribution in [0.1, 0.15) is 53.4 Å². The summed E-state index contributed by atoms with van der Waals surface area (Å²) >= 11 is 0. The van der Waals surface area contributed by atoms with Crippen LogP contribution in [0, 0.1) is 11.8 Å². The lowest BCUT2D eigenvalue weighted by Gasteiger charge is -2.38. The third-order valence-electron chi connectivity index (χ3n) is 4.22. The highest BCUT2D eigenvalue weighted by molar-refractivity contribution is 4.88. The average molecular weight is 238 g/mol. The predicted octanol–water partition coefficient (Wildman–Crippen LogP) is 2.88. The van der Waals surface area contributed by atoms with Crippen LogP contribution in [0.15, 0.2) is 0 Å². The smallest absolute Gasteiger partial charge is 0.0246 e. The van der Waals surface area contributed by atoms with Crippen molar-refractivity contribution in [3.8, 4) is 0 Å². The van der Waals surface area contributed by atoms with Crippen molar-refractivity contribution in [3.05, 3.63) is 0 Å². The summed E-state index contributed by atoms with van der Waals surface area (Å²) in [7, 11) is 0. The first-order valence-corrected chi connectivity index (χ1v) is 7.57. The molecule has 0 heterocycles. The third-order valence-corrected chi connectivity index (χ3v) is 4.22. The molecule has 0 aliphatic heterocycles. The normalized spacial score (nSPS) is 22.8. The van der Waals surface area contributed by atoms with E-state index in [1.165, 1.54) is 38.8 Å². The Morgan fingerprint density at radius 3 is 2.12 bits per heavy atom. The Hall–Kier alpha value is -0.0800. The van der Waals surface area contributed by atoms with E-state index in [1.54, 1.807) is 0 Å². The lowest BCUT2D eigenvalue weighted by Crippen LogP contribution is -2.50. The molecule has 2 saturated carbocycles. The van der Waals surface area contributed by atoms with Crippen molar-refractivity contribution in [1.82, 2.24) is 10.2 Å². The zero-order valence-electron chi connectivity index (χ0n) is 12.1. The van der Waals surface area contributed by atoms with Crippen LogP contribution in [0.3, 0.4) is 0 Å². The van der Waals surface area contributed by atoms with Crippen LogP contribution in [-0.4, -0.2) is 36.1 Å². The standard InChI is InChI=1S/C15H30N2/c1-11(2)15(9-16-14-7-8-14)17(12(3)4)10-13-5-6-13/h11-16H,5-10H2,1-4H3. The minimum atomic E-state index is 0.684. The SMILES string of the molecule is CC(C)C(CNC1CC1)N(CC1CC1)C(C)C. The van der Waals surface area contributed by atoms with Crippen molar-refractivity contribution < 1.29 is 0 Å². The quantitative estimate of drug-likeness (QED) is 0.699. The van der Waals surface area contributed by atoms with Crippen LogP contribution in [0.2, 0.25) is 0 Å². The topological polar surface area (TPSA) is 15.3 Å². The molecule has 1 unspecified atom stereocenters. The van der Waals surface area contributed by atoms with Gasteiger partial charge in [0.1, 0.15) is 0 Å². The zero-order valence-corrected chi connectivity index (χ0v) is 12.1. The first kappa shape index (κ1) is 13.4. The highest BCUT2D eigenvalue weighted by atomic mass is 15.2. The Morgan fingerprint density at radius 1 is 1.06 bits per heavy atom. The monoisotopic (exact) mass is 238 g/mol. The molecule has 17 heavy (non-hydrogen) atoms. The van der Waals surface area contributed by atoms with Crippen LogP contribution in [-0.2, 0) is 0 Å². The van der Waals surface area contributed by atoms with Crippen molar-refractivity contribution >= 4 is 0 Å². The summed E-state index contributed by atoms with van der Waals surface area (Å²) in [4.78, 5) is 2.75. The largest absolute Gasteiger partial charge is 0.312 e. The van der Waals surface area contributed by atoms with Crippen molar-refractivity contribution in [2.45, 2.75) is 71.5 Å². The lowest BCUT2D eigenvalue weighted by molar-refractivity contribution is 0.109. The van der Waals surface area contributed by atoms with Gasteiger partial charge in [-0.25, -0.2) is 0 Å². The number of hydrogen-bond donors (Lipinski definition) is 1. The van der Waals surface area contributed by atoms with Crippen molar-refractivity contribution in [3.63, 3.8) is 0 Å². The molecule has 2 fully saturated rings. The molecule has 2 heteroatoms. The van der Waals surface area contributed by atoms with Crippen LogP contribution >= 0.6 is 0 Å². The summed E-state index contributed by atoms with van der Waals surface area (Å²) in [6, 6.07) is 2.24. The molecule has 0 bridgehead atoms. The van der Waals surface area contributed by atoms with Gasteiger partial charge in [0, 0.05) is 31.2 Å². The fourth-order valence-corrected chi connectivity index (χ4v) is 2.64. The molecule has 0 radical (unpaired) electrons. The second-order valence-corrected chi connectivity index (χ2v) is 6.73. The molecular weight excluding hydrogens is 208 g/mol. The lowest BCUT2D eigenvalue weighted by atomic mass is 10.00. The first-order valence-electron chi connectivity index (χ1n) is 7.57. The maximum atomic E-state index is 3.73. The molecule has 2 aliphatic rings. The van der Waals surface area contributed by atoms with E-state index in [0.29, 0.717) is 6.04 Å². The number of nitrogens with zero attached hydrogens (tertiary/aromatic N) is 1. The number of nitrogens with one attached hydrogen (secondary N) is 1. The molecule has 0 aromatic heterocycles. The molecule has 0 amide bonds. The summed E-state index contributed by atoms with van der Waals surface area (Å²) in [6.45, 7) is 12.0. The van der Waals surface area contributed by atoms with E-state index in [0.717, 1.165) is 23.9 Å². The Bertz CT molecular complexity index is 229. The Morgan fingerprint density at radius 2 is 1.71 bits per heavy atom. The van der Waals surface area contributed by atoms with E-state index < -0.39 is 0 Å². The molecule has 0 saturated heterocycles. The molecule has 100 valence electrons. The van der Waals surface area contributed by atoms with E-state index >= 15 is 0 Å². The van der Waals surface area contributed by atoms with Gasteiger partial charge in [-0.3, -0.25) is 4.90 Å². The summed E-state index contributed by atoms with van der Waals surface area (Å²) in [6.07, 6.45) is 5.72. The van der Waals surface area contributed by atoms with Gasteiger partial charge >= 0.3 is 0 Å². The number of hydrogen-bond acceptors (Lipinski definition) is 2. The van der Waals surface area contributed by atoms with Gasteiger partial charge in [0.05, 0.1) is 0 Å². The van der Waals surface area contributed by atoms with Gasteiger partial charge in [0.15, 0.2) is 0 Å². The Balaban J connectivity index is 1.88. The van der Waals surface area contributed by atoms with Gasteiger partial charge in [0.2, 0.25) is 0 Å². The van der Waals surface area contributed by atoms with Gasteiger partial charge in [-0.1, -0.05) is 13.8 Å². The molecule has 2 aliphatic carbocycles. The molecule has 0 spiro atoms. The molecule has 2 rings (SSSR count). The molecule has 1 N–H and O–H groups in total. The van der Waals surface area contributed by atoms with Crippen LogP contribution in [0.25, 0.3) is 0 Å². The number of rotatable bonds is 8. The highest BCUT2D eigenvalue weighted by Crippen LogP contribution is 2.32. The van der Waals surface area contributed by atoms with E-state index in [2.05, 4.69) is 37.9 Å². The van der Waals surface area contributed by atoms with Gasteiger partial charge in [-0.05, 0) is 51.4 Å². The Kier molecular flexibility index (Phi) is 4.48. The fraction of sp³-hybridized carbons (Fsp3) is 1.00. The molecule has 0 aromatic rings. The molecule has 0 aromatic carbocycles. The minimum Gasteiger partial charge on any atom is -0.312 e. The molecule has 1 atom stereocenters. The maximum Gasteiger partial charge on any atom is 0.0246 e. The van der Waals surface area contributed by atoms with E-state index in [9.17, 15) is 0 Å². The van der Waals surface area contributed by atoms with Gasteiger partial charge in [0.25, 0.3) is 0 Å². The van der Waals surface area contributed by atoms with Crippen molar-refractivity contribution in [2.75, 3.05) is 13.1 Å². The van der Waals surface area contributed by atoms with Crippen LogP contribution in [0.4, 0.5) is 0 Å².